The van der Waals surface area contributed by atoms with Crippen molar-refractivity contribution in [3.05, 3.63) is 70.3 Å². The zero-order valence-corrected chi connectivity index (χ0v) is 17.5. The number of rotatable bonds is 8. The van der Waals surface area contributed by atoms with E-state index in [-0.39, 0.29) is 22.9 Å². The highest BCUT2D eigenvalue weighted by molar-refractivity contribution is 6.28. The van der Waals surface area contributed by atoms with Crippen molar-refractivity contribution in [2.75, 3.05) is 6.54 Å². The van der Waals surface area contributed by atoms with Gasteiger partial charge in [0, 0.05) is 35.2 Å². The molecule has 0 radical (unpaired) electrons. The maximum atomic E-state index is 13.0. The van der Waals surface area contributed by atoms with Gasteiger partial charge in [-0.1, -0.05) is 57.5 Å². The van der Waals surface area contributed by atoms with Crippen LogP contribution in [-0.4, -0.2) is 24.0 Å². The Morgan fingerprint density at radius 3 is 2.17 bits per heavy atom. The van der Waals surface area contributed by atoms with Crippen LogP contribution in [0.2, 0.25) is 0 Å². The second-order valence-electron chi connectivity index (χ2n) is 8.41. The molecule has 1 amide bonds. The molecule has 3 rings (SSSR count). The van der Waals surface area contributed by atoms with E-state index in [1.165, 1.54) is 0 Å². The summed E-state index contributed by atoms with van der Waals surface area (Å²) >= 11 is 0. The highest BCUT2D eigenvalue weighted by Crippen LogP contribution is 2.34. The minimum atomic E-state index is -0.195. The van der Waals surface area contributed by atoms with E-state index in [0.717, 1.165) is 37.8 Å². The van der Waals surface area contributed by atoms with Crippen molar-refractivity contribution in [3.63, 3.8) is 0 Å². The van der Waals surface area contributed by atoms with Gasteiger partial charge in [0.25, 0.3) is 0 Å². The number of ketones is 2. The van der Waals surface area contributed by atoms with E-state index in [4.69, 9.17) is 0 Å². The average Bonchev–Trinajstić information content (AvgIpc) is 2.71. The number of unbranched alkanes of at least 4 members (excludes halogenated alkanes) is 1. The van der Waals surface area contributed by atoms with Gasteiger partial charge in [-0.25, -0.2) is 0 Å². The van der Waals surface area contributed by atoms with E-state index >= 15 is 0 Å². The summed E-state index contributed by atoms with van der Waals surface area (Å²) in [5.74, 6) is -0.0940. The van der Waals surface area contributed by atoms with Crippen molar-refractivity contribution in [1.82, 2.24) is 5.32 Å². The average molecular weight is 392 g/mol. The zero-order valence-electron chi connectivity index (χ0n) is 17.5. The van der Waals surface area contributed by atoms with Crippen LogP contribution in [-0.2, 0) is 10.2 Å². The lowest BCUT2D eigenvalue weighted by atomic mass is 9.76. The van der Waals surface area contributed by atoms with Crippen LogP contribution in [0, 0.1) is 0 Å². The van der Waals surface area contributed by atoms with Crippen molar-refractivity contribution < 1.29 is 14.4 Å². The number of amides is 1. The van der Waals surface area contributed by atoms with Gasteiger partial charge in [0.05, 0.1) is 0 Å². The molecule has 29 heavy (non-hydrogen) atoms. The molecule has 0 fully saturated rings. The van der Waals surface area contributed by atoms with Crippen LogP contribution in [0.25, 0.3) is 0 Å². The second kappa shape index (κ2) is 8.73. The fourth-order valence-corrected chi connectivity index (χ4v) is 3.85. The van der Waals surface area contributed by atoms with E-state index in [9.17, 15) is 14.4 Å². The molecule has 0 atom stereocenters. The van der Waals surface area contributed by atoms with Crippen LogP contribution in [0.15, 0.2) is 42.5 Å². The molecule has 2 aromatic carbocycles. The number of fused-ring (bicyclic) bond motifs is 2. The van der Waals surface area contributed by atoms with Crippen LogP contribution in [0.3, 0.4) is 0 Å². The van der Waals surface area contributed by atoms with Gasteiger partial charge >= 0.3 is 0 Å². The van der Waals surface area contributed by atoms with Gasteiger partial charge in [0.15, 0.2) is 11.6 Å². The highest BCUT2D eigenvalue weighted by Gasteiger charge is 2.31. The summed E-state index contributed by atoms with van der Waals surface area (Å²) in [6, 6.07) is 12.6. The fourth-order valence-electron chi connectivity index (χ4n) is 3.85. The van der Waals surface area contributed by atoms with Crippen molar-refractivity contribution >= 4 is 17.5 Å². The molecule has 152 valence electrons. The first-order chi connectivity index (χ1) is 13.8. The van der Waals surface area contributed by atoms with Crippen LogP contribution in [0.4, 0.5) is 0 Å². The number of hydrogen-bond acceptors (Lipinski definition) is 3. The smallest absolute Gasteiger partial charge is 0.219 e. The molecule has 0 aromatic heterocycles. The standard InChI is InChI=1S/C25H29NO3/c1-4-5-15-26-22(27)11-8-14-25(2,3)17-12-13-20-21(16-17)24(29)19-10-7-6-9-18(19)23(20)28/h6-7,9-10,12-13,16H,4-5,8,11,14-15H2,1-3H3,(H,26,27). The van der Waals surface area contributed by atoms with Gasteiger partial charge in [-0.15, -0.1) is 0 Å². The number of benzene rings is 2. The van der Waals surface area contributed by atoms with Crippen LogP contribution in [0.5, 0.6) is 0 Å². The first-order valence-corrected chi connectivity index (χ1v) is 10.4. The summed E-state index contributed by atoms with van der Waals surface area (Å²) in [7, 11) is 0. The quantitative estimate of drug-likeness (QED) is 0.560. The largest absolute Gasteiger partial charge is 0.356 e. The summed E-state index contributed by atoms with van der Waals surface area (Å²) in [4.78, 5) is 37.7. The lowest BCUT2D eigenvalue weighted by Gasteiger charge is -2.27. The molecular formula is C25H29NO3. The molecule has 2 aromatic rings. The Morgan fingerprint density at radius 1 is 0.897 bits per heavy atom. The Kier molecular flexibility index (Phi) is 6.31. The Hall–Kier alpha value is -2.75. The van der Waals surface area contributed by atoms with E-state index in [2.05, 4.69) is 26.1 Å². The lowest BCUT2D eigenvalue weighted by molar-refractivity contribution is -0.121. The minimum absolute atomic E-state index is 0.0942. The molecule has 4 heteroatoms. The van der Waals surface area contributed by atoms with Crippen molar-refractivity contribution in [3.8, 4) is 0 Å². The van der Waals surface area contributed by atoms with Crippen LogP contribution in [0.1, 0.15) is 90.3 Å². The number of hydrogen-bond donors (Lipinski definition) is 1. The first-order valence-electron chi connectivity index (χ1n) is 10.4. The van der Waals surface area contributed by atoms with Gasteiger partial charge in [0.1, 0.15) is 0 Å². The van der Waals surface area contributed by atoms with Crippen molar-refractivity contribution in [2.45, 2.75) is 58.3 Å². The Bertz CT molecular complexity index is 943. The molecule has 0 bridgehead atoms. The molecule has 0 unspecified atom stereocenters. The maximum absolute atomic E-state index is 13.0. The number of carbonyl (C=O) groups is 3. The summed E-state index contributed by atoms with van der Waals surface area (Å²) in [6.45, 7) is 7.07. The van der Waals surface area contributed by atoms with Gasteiger partial charge in [-0.05, 0) is 42.4 Å². The molecule has 0 saturated heterocycles. The minimum Gasteiger partial charge on any atom is -0.356 e. The third-order valence-corrected chi connectivity index (χ3v) is 5.76. The van der Waals surface area contributed by atoms with E-state index in [0.29, 0.717) is 28.7 Å². The lowest BCUT2D eigenvalue weighted by Crippen LogP contribution is -2.26. The molecule has 0 aliphatic heterocycles. The third kappa shape index (κ3) is 4.47. The molecule has 0 heterocycles. The predicted octanol–water partition coefficient (Wildman–Crippen LogP) is 4.83. The molecule has 0 saturated carbocycles. The van der Waals surface area contributed by atoms with Crippen molar-refractivity contribution in [1.29, 1.82) is 0 Å². The van der Waals surface area contributed by atoms with E-state index < -0.39 is 0 Å². The zero-order chi connectivity index (χ0) is 21.0. The molecule has 1 aliphatic carbocycles. The summed E-state index contributed by atoms with van der Waals surface area (Å²) in [5.41, 5.74) is 2.73. The van der Waals surface area contributed by atoms with E-state index in [1.807, 2.05) is 12.1 Å². The van der Waals surface area contributed by atoms with Crippen LogP contribution < -0.4 is 5.32 Å². The summed E-state index contributed by atoms with van der Waals surface area (Å²) in [5, 5.41) is 2.95. The van der Waals surface area contributed by atoms with Gasteiger partial charge in [-0.3, -0.25) is 14.4 Å². The number of nitrogens with one attached hydrogen (secondary N) is 1. The molecule has 4 nitrogen and oxygen atoms in total. The topological polar surface area (TPSA) is 63.2 Å². The molecular weight excluding hydrogens is 362 g/mol. The van der Waals surface area contributed by atoms with Gasteiger partial charge in [-0.2, -0.15) is 0 Å². The maximum Gasteiger partial charge on any atom is 0.219 e. The first kappa shape index (κ1) is 21.0. The Labute approximate surface area is 172 Å². The Morgan fingerprint density at radius 2 is 1.52 bits per heavy atom. The third-order valence-electron chi connectivity index (χ3n) is 5.76. The predicted molar refractivity (Wildman–Crippen MR) is 115 cm³/mol. The van der Waals surface area contributed by atoms with Gasteiger partial charge < -0.3 is 5.32 Å². The molecule has 1 N–H and O–H groups in total. The molecule has 1 aliphatic rings. The highest BCUT2D eigenvalue weighted by atomic mass is 16.2. The molecule has 0 spiro atoms. The van der Waals surface area contributed by atoms with Crippen LogP contribution >= 0.6 is 0 Å². The summed E-state index contributed by atoms with van der Waals surface area (Å²) in [6.07, 6.45) is 4.17. The second-order valence-corrected chi connectivity index (χ2v) is 8.41. The van der Waals surface area contributed by atoms with E-state index in [1.54, 1.807) is 30.3 Å². The van der Waals surface area contributed by atoms with Gasteiger partial charge in [0.2, 0.25) is 5.91 Å². The van der Waals surface area contributed by atoms with Crippen molar-refractivity contribution in [2.24, 2.45) is 0 Å². The summed E-state index contributed by atoms with van der Waals surface area (Å²) < 4.78 is 0. The number of carbonyl (C=O) groups excluding carboxylic acids is 3. The normalized spacial score (nSPS) is 13.1. The SMILES string of the molecule is CCCCNC(=O)CCCC(C)(C)c1ccc2c(c1)C(=O)c1ccccc1C2=O. The fraction of sp³-hybridized carbons (Fsp3) is 0.400. The monoisotopic (exact) mass is 391 g/mol. The Balaban J connectivity index is 1.72.